The van der Waals surface area contributed by atoms with Gasteiger partial charge in [0, 0.05) is 28.9 Å². The molecule has 0 radical (unpaired) electrons. The lowest BCUT2D eigenvalue weighted by molar-refractivity contribution is -0.958. The van der Waals surface area contributed by atoms with Crippen molar-refractivity contribution in [1.82, 2.24) is 0 Å². The van der Waals surface area contributed by atoms with E-state index >= 15 is 4.39 Å². The van der Waals surface area contributed by atoms with Gasteiger partial charge in [-0.3, -0.25) is 4.46 Å². The molecule has 0 aliphatic rings. The molecule has 0 aliphatic heterocycles. The normalized spacial score (nSPS) is 11.6. The van der Waals surface area contributed by atoms with Crippen LogP contribution in [0.15, 0.2) is 146 Å². The molecule has 6 rings (SSSR count). The average Bonchev–Trinajstić information content (AvgIpc) is 3.27. The largest absolute Gasteiger partial charge is 0.778 e. The van der Waals surface area contributed by atoms with Gasteiger partial charge in [-0.25, -0.2) is 8.78 Å². The van der Waals surface area contributed by atoms with Crippen molar-refractivity contribution in [1.29, 1.82) is 0 Å². The maximum atomic E-state index is 18.3. The van der Waals surface area contributed by atoms with Crippen LogP contribution in [-0.2, 0) is 4.46 Å². The zero-order chi connectivity index (χ0) is 41.9. The molecule has 308 valence electrons. The molecule has 59 heavy (non-hydrogen) atoms. The summed E-state index contributed by atoms with van der Waals surface area (Å²) in [5, 5.41) is 0. The first-order valence-corrected chi connectivity index (χ1v) is 22.6. The lowest BCUT2D eigenvalue weighted by Crippen LogP contribution is -2.53. The Morgan fingerprint density at radius 3 is 1.42 bits per heavy atom. The molecule has 4 nitrogen and oxygen atoms in total. The maximum Gasteiger partial charge on any atom is 0.778 e. The van der Waals surface area contributed by atoms with E-state index < -0.39 is 9.17 Å². The zero-order valence-corrected chi connectivity index (χ0v) is 36.1. The van der Waals surface area contributed by atoms with Crippen LogP contribution in [0.3, 0.4) is 0 Å². The van der Waals surface area contributed by atoms with Gasteiger partial charge in [-0.1, -0.05) is 163 Å². The smallest absolute Gasteiger partial charge is 0.459 e. The fourth-order valence-electron chi connectivity index (χ4n) is 8.02. The topological polar surface area (TPSA) is 35.5 Å². The van der Waals surface area contributed by atoms with Gasteiger partial charge in [-0.05, 0) is 48.1 Å². The molecule has 0 saturated carbocycles. The Morgan fingerprint density at radius 1 is 0.559 bits per heavy atom. The Bertz CT molecular complexity index is 2110. The number of para-hydroxylation sites is 1. The second-order valence-corrected chi connectivity index (χ2v) is 15.9. The Kier molecular flexibility index (Phi) is 17.8. The molecule has 7 heteroatoms. The molecular formula is C52H59F2NO3Si. The van der Waals surface area contributed by atoms with Gasteiger partial charge < -0.3 is 13.3 Å². The lowest BCUT2D eigenvalue weighted by atomic mass is 9.81. The first-order valence-electron chi connectivity index (χ1n) is 21.3. The molecule has 0 heterocycles. The highest BCUT2D eigenvalue weighted by atomic mass is 28.3. The van der Waals surface area contributed by atoms with E-state index in [0.29, 0.717) is 28.2 Å². The quantitative estimate of drug-likeness (QED) is 0.0438. The summed E-state index contributed by atoms with van der Waals surface area (Å²) >= 11 is 0. The summed E-state index contributed by atoms with van der Waals surface area (Å²) in [6, 6.07) is 47.0. The molecule has 0 aromatic heterocycles. The standard InChI is InChI=1S/C46H55FNO3Si.C6H4F/c1-5-9-33-48(34-10-6-2,35-11-7-3)40(24-8-4)44-42(37-27-18-13-19-28-37)45(47)41(36-25-16-12-17-26-36)43(38-29-20-14-21-30-38)46(44)51-52(49)50-39-31-22-15-23-32-39;7-6-4-2-1-3-5-6/h12-23,25-32,40H,5-11,24,33-35H2,1-4H3;2-5H/q+1;-1. The summed E-state index contributed by atoms with van der Waals surface area (Å²) in [6.07, 6.45) is 8.13. The van der Waals surface area contributed by atoms with E-state index in [0.717, 1.165) is 97.7 Å². The van der Waals surface area contributed by atoms with E-state index in [9.17, 15) is 8.85 Å². The second-order valence-electron chi connectivity index (χ2n) is 15.0. The number of nitrogens with zero attached hydrogens (tertiary/aromatic N) is 1. The molecule has 0 saturated heterocycles. The number of halogens is 2. The number of hydrogen-bond acceptors (Lipinski definition) is 3. The third-order valence-electron chi connectivity index (χ3n) is 10.9. The predicted molar refractivity (Wildman–Crippen MR) is 239 cm³/mol. The fourth-order valence-corrected chi connectivity index (χ4v) is 8.77. The van der Waals surface area contributed by atoms with Gasteiger partial charge >= 0.3 is 9.17 Å². The second kappa shape index (κ2) is 23.4. The van der Waals surface area contributed by atoms with Gasteiger partial charge in [0.15, 0.2) is 0 Å². The highest BCUT2D eigenvalue weighted by Gasteiger charge is 2.43. The summed E-state index contributed by atoms with van der Waals surface area (Å²) in [5.74, 6) is 0.421. The molecule has 0 spiro atoms. The van der Waals surface area contributed by atoms with Gasteiger partial charge in [0.1, 0.15) is 23.4 Å². The first kappa shape index (κ1) is 44.9. The van der Waals surface area contributed by atoms with Gasteiger partial charge in [-0.15, -0.1) is 12.1 Å². The molecule has 1 unspecified atom stereocenters. The molecule has 1 atom stereocenters. The van der Waals surface area contributed by atoms with Gasteiger partial charge in [-0.2, -0.15) is 18.2 Å². The minimum absolute atomic E-state index is 0.117. The molecule has 6 aromatic carbocycles. The third kappa shape index (κ3) is 11.9. The van der Waals surface area contributed by atoms with Gasteiger partial charge in [0.2, 0.25) is 0 Å². The van der Waals surface area contributed by atoms with E-state index in [1.54, 1.807) is 12.1 Å². The van der Waals surface area contributed by atoms with Crippen molar-refractivity contribution < 1.29 is 26.6 Å². The first-order chi connectivity index (χ1) is 28.9. The fraction of sp³-hybridized carbons (Fsp3) is 0.308. The molecule has 0 fully saturated rings. The molecule has 6 aromatic rings. The Balaban J connectivity index is 0.000000854. The van der Waals surface area contributed by atoms with Crippen molar-refractivity contribution in [2.24, 2.45) is 0 Å². The molecule has 0 N–H and O–H groups in total. The predicted octanol–water partition coefficient (Wildman–Crippen LogP) is 14.4. The van der Waals surface area contributed by atoms with Gasteiger partial charge in [0.05, 0.1) is 25.2 Å². The SMILES string of the molecule is CCCC[N+](CCCC)(CCCC)C(CCC)c1c(O[Si](=O)Oc2ccccc2)c(-c2ccccc2)c(-c2ccccc2)c(F)c1-c1ccccc1.Fc1cc[c-]cc1. The average molecular weight is 812 g/mol. The summed E-state index contributed by atoms with van der Waals surface area (Å²) in [5.41, 5.74) is 4.66. The van der Waals surface area contributed by atoms with Crippen molar-refractivity contribution in [2.45, 2.75) is 85.1 Å². The van der Waals surface area contributed by atoms with E-state index in [1.807, 2.05) is 109 Å². The Hall–Kier alpha value is -5.24. The third-order valence-corrected chi connectivity index (χ3v) is 11.6. The number of unbranched alkanes of at least 4 members (excludes halogenated alkanes) is 3. The molecule has 0 bridgehead atoms. The van der Waals surface area contributed by atoms with E-state index in [4.69, 9.17) is 8.85 Å². The van der Waals surface area contributed by atoms with Crippen molar-refractivity contribution in [3.8, 4) is 44.9 Å². The Labute approximate surface area is 353 Å². The Morgan fingerprint density at radius 2 is 1.00 bits per heavy atom. The van der Waals surface area contributed by atoms with E-state index in [-0.39, 0.29) is 17.7 Å². The van der Waals surface area contributed by atoms with Crippen molar-refractivity contribution in [3.63, 3.8) is 0 Å². The summed E-state index contributed by atoms with van der Waals surface area (Å²) in [4.78, 5) is 0. The van der Waals surface area contributed by atoms with Crippen LogP contribution in [0.2, 0.25) is 0 Å². The van der Waals surface area contributed by atoms with Crippen molar-refractivity contribution in [2.75, 3.05) is 19.6 Å². The van der Waals surface area contributed by atoms with Crippen LogP contribution in [0.4, 0.5) is 8.78 Å². The monoisotopic (exact) mass is 811 g/mol. The number of benzene rings is 6. The molecule has 0 aliphatic carbocycles. The zero-order valence-electron chi connectivity index (χ0n) is 35.1. The van der Waals surface area contributed by atoms with Crippen molar-refractivity contribution >= 4 is 9.17 Å². The van der Waals surface area contributed by atoms with Crippen LogP contribution in [0.1, 0.15) is 90.7 Å². The number of quaternary nitrogens is 1. The van der Waals surface area contributed by atoms with E-state index in [2.05, 4.69) is 33.8 Å². The maximum absolute atomic E-state index is 18.3. The van der Waals surface area contributed by atoms with Crippen LogP contribution in [0, 0.1) is 17.7 Å². The minimum atomic E-state index is -3.18. The van der Waals surface area contributed by atoms with Gasteiger partial charge in [0.25, 0.3) is 0 Å². The van der Waals surface area contributed by atoms with Crippen molar-refractivity contribution in [3.05, 3.63) is 169 Å². The lowest BCUT2D eigenvalue weighted by Gasteiger charge is -2.47. The van der Waals surface area contributed by atoms with Crippen LogP contribution < -0.4 is 8.85 Å². The van der Waals surface area contributed by atoms with Crippen LogP contribution in [0.5, 0.6) is 11.5 Å². The molecule has 0 amide bonds. The molecular weight excluding hydrogens is 753 g/mol. The number of hydrogen-bond donors (Lipinski definition) is 0. The van der Waals surface area contributed by atoms with Crippen LogP contribution in [-0.4, -0.2) is 33.3 Å². The summed E-state index contributed by atoms with van der Waals surface area (Å²) < 4.78 is 58.1. The summed E-state index contributed by atoms with van der Waals surface area (Å²) in [7, 11) is -3.18. The van der Waals surface area contributed by atoms with Crippen LogP contribution >= 0.6 is 0 Å². The summed E-state index contributed by atoms with van der Waals surface area (Å²) in [6.45, 7) is 11.9. The highest BCUT2D eigenvalue weighted by molar-refractivity contribution is 6.29. The number of rotatable bonds is 20. The van der Waals surface area contributed by atoms with Crippen LogP contribution in [0.25, 0.3) is 33.4 Å². The minimum Gasteiger partial charge on any atom is -0.459 e. The highest BCUT2D eigenvalue weighted by Crippen LogP contribution is 2.53. The van der Waals surface area contributed by atoms with E-state index in [1.165, 1.54) is 24.3 Å².